The van der Waals surface area contributed by atoms with Crippen LogP contribution in [0.3, 0.4) is 0 Å². The highest BCUT2D eigenvalue weighted by Crippen LogP contribution is 2.15. The largest absolute Gasteiger partial charge is 0.354 e. The van der Waals surface area contributed by atoms with Gasteiger partial charge in [-0.2, -0.15) is 0 Å². The Morgan fingerprint density at radius 3 is 2.67 bits per heavy atom. The summed E-state index contributed by atoms with van der Waals surface area (Å²) in [6.07, 6.45) is 3.31. The van der Waals surface area contributed by atoms with Crippen molar-refractivity contribution in [1.29, 1.82) is 0 Å². The zero-order chi connectivity index (χ0) is 16.9. The molecular weight excluding hydrogens is 326 g/mol. The van der Waals surface area contributed by atoms with E-state index in [1.807, 2.05) is 12.1 Å². The number of nitrogens with zero attached hydrogens (tertiary/aromatic N) is 4. The van der Waals surface area contributed by atoms with Crippen LogP contribution in [0, 0.1) is 0 Å². The molecule has 7 heteroatoms. The maximum Gasteiger partial charge on any atom is 0.270 e. The number of hydrogen-bond donors (Lipinski definition) is 1. The van der Waals surface area contributed by atoms with Gasteiger partial charge in [0.25, 0.3) is 5.91 Å². The van der Waals surface area contributed by atoms with E-state index in [4.69, 9.17) is 11.6 Å². The summed E-state index contributed by atoms with van der Waals surface area (Å²) in [5.74, 6) is 0.714. The van der Waals surface area contributed by atoms with Crippen molar-refractivity contribution in [2.24, 2.45) is 0 Å². The van der Waals surface area contributed by atoms with Gasteiger partial charge in [-0.05, 0) is 36.9 Å². The van der Waals surface area contributed by atoms with Crippen LogP contribution in [-0.4, -0.2) is 54.0 Å². The van der Waals surface area contributed by atoms with Crippen LogP contribution in [0.25, 0.3) is 0 Å². The van der Waals surface area contributed by atoms with Crippen LogP contribution >= 0.6 is 11.6 Å². The number of pyridine rings is 2. The molecule has 0 spiro atoms. The molecule has 2 aromatic heterocycles. The summed E-state index contributed by atoms with van der Waals surface area (Å²) >= 11 is 5.89. The van der Waals surface area contributed by atoms with Gasteiger partial charge >= 0.3 is 0 Å². The molecule has 126 valence electrons. The number of anilines is 1. The lowest BCUT2D eigenvalue weighted by molar-refractivity contribution is 0.0946. The number of hydrogen-bond acceptors (Lipinski definition) is 5. The second-order valence-corrected chi connectivity index (χ2v) is 6.29. The van der Waals surface area contributed by atoms with Crippen molar-refractivity contribution in [1.82, 2.24) is 20.2 Å². The molecule has 6 nitrogen and oxygen atoms in total. The van der Waals surface area contributed by atoms with E-state index in [0.717, 1.165) is 37.6 Å². The third-order valence-corrected chi connectivity index (χ3v) is 4.28. The van der Waals surface area contributed by atoms with Gasteiger partial charge in [-0.1, -0.05) is 11.6 Å². The highest BCUT2D eigenvalue weighted by atomic mass is 35.5. The number of aromatic nitrogens is 2. The number of amides is 1. The Hall–Kier alpha value is -2.18. The van der Waals surface area contributed by atoms with Gasteiger partial charge in [0.15, 0.2) is 0 Å². The lowest BCUT2D eigenvalue weighted by Crippen LogP contribution is -2.44. The highest BCUT2D eigenvalue weighted by Gasteiger charge is 2.15. The Labute approximate surface area is 146 Å². The topological polar surface area (TPSA) is 61.4 Å². The third kappa shape index (κ3) is 4.21. The van der Waals surface area contributed by atoms with Gasteiger partial charge in [-0.3, -0.25) is 9.78 Å². The molecule has 0 aliphatic carbocycles. The van der Waals surface area contributed by atoms with Gasteiger partial charge in [0, 0.05) is 50.1 Å². The van der Waals surface area contributed by atoms with E-state index < -0.39 is 0 Å². The number of nitrogens with one attached hydrogen (secondary N) is 1. The van der Waals surface area contributed by atoms with Gasteiger partial charge in [-0.15, -0.1) is 0 Å². The summed E-state index contributed by atoms with van der Waals surface area (Å²) in [5.41, 5.74) is 1.32. The lowest BCUT2D eigenvalue weighted by atomic mass is 10.2. The minimum Gasteiger partial charge on any atom is -0.354 e. The van der Waals surface area contributed by atoms with Gasteiger partial charge in [0.1, 0.15) is 11.5 Å². The molecule has 0 bridgehead atoms. The quantitative estimate of drug-likeness (QED) is 0.915. The molecule has 1 aliphatic heterocycles. The molecule has 1 N–H and O–H groups in total. The first-order valence-electron chi connectivity index (χ1n) is 7.90. The van der Waals surface area contributed by atoms with Gasteiger partial charge < -0.3 is 15.1 Å². The zero-order valence-corrected chi connectivity index (χ0v) is 14.3. The number of rotatable bonds is 4. The fourth-order valence-electron chi connectivity index (χ4n) is 2.58. The first-order valence-corrected chi connectivity index (χ1v) is 8.28. The van der Waals surface area contributed by atoms with E-state index in [0.29, 0.717) is 17.3 Å². The first kappa shape index (κ1) is 16.7. The van der Waals surface area contributed by atoms with E-state index in [2.05, 4.69) is 32.1 Å². The van der Waals surface area contributed by atoms with Crippen LogP contribution in [0.2, 0.25) is 5.02 Å². The molecule has 1 aliphatic rings. The van der Waals surface area contributed by atoms with Crippen molar-refractivity contribution in [3.8, 4) is 0 Å². The Kier molecular flexibility index (Phi) is 5.27. The fourth-order valence-corrected chi connectivity index (χ4v) is 2.74. The van der Waals surface area contributed by atoms with E-state index in [-0.39, 0.29) is 5.91 Å². The molecule has 0 saturated carbocycles. The van der Waals surface area contributed by atoms with Crippen molar-refractivity contribution in [3.05, 3.63) is 52.9 Å². The van der Waals surface area contributed by atoms with Crippen LogP contribution in [0.4, 0.5) is 5.82 Å². The summed E-state index contributed by atoms with van der Waals surface area (Å²) in [6.45, 7) is 4.42. The van der Waals surface area contributed by atoms with Crippen LogP contribution in [0.5, 0.6) is 0 Å². The number of carbonyl (C=O) groups is 1. The normalized spacial score (nSPS) is 15.3. The van der Waals surface area contributed by atoms with Crippen LogP contribution < -0.4 is 10.2 Å². The molecule has 0 unspecified atom stereocenters. The zero-order valence-electron chi connectivity index (χ0n) is 13.6. The van der Waals surface area contributed by atoms with Crippen molar-refractivity contribution in [2.45, 2.75) is 6.54 Å². The van der Waals surface area contributed by atoms with Crippen LogP contribution in [0.15, 0.2) is 36.7 Å². The predicted octanol–water partition coefficient (Wildman–Crippen LogP) is 1.81. The van der Waals surface area contributed by atoms with E-state index in [1.54, 1.807) is 18.3 Å². The standard InChI is InChI=1S/C17H20ClN5O/c1-22-6-8-23(9-7-22)16-10-13(2-4-20-16)12-21-17(24)15-11-14(18)3-5-19-15/h2-5,10-11H,6-9,12H2,1H3,(H,21,24). The Morgan fingerprint density at radius 2 is 1.92 bits per heavy atom. The molecule has 3 rings (SSSR count). The minimum absolute atomic E-state index is 0.240. The van der Waals surface area contributed by atoms with Gasteiger partial charge in [0.05, 0.1) is 0 Å². The smallest absolute Gasteiger partial charge is 0.270 e. The molecule has 0 atom stereocenters. The summed E-state index contributed by atoms with van der Waals surface area (Å²) in [7, 11) is 2.13. The molecule has 1 fully saturated rings. The van der Waals surface area contributed by atoms with Crippen molar-refractivity contribution < 1.29 is 4.79 Å². The Balaban J connectivity index is 1.61. The maximum atomic E-state index is 12.1. The van der Waals surface area contributed by atoms with E-state index in [9.17, 15) is 4.79 Å². The summed E-state index contributed by atoms with van der Waals surface area (Å²) < 4.78 is 0. The average Bonchev–Trinajstić information content (AvgIpc) is 2.60. The molecule has 1 saturated heterocycles. The monoisotopic (exact) mass is 345 g/mol. The van der Waals surface area contributed by atoms with E-state index in [1.165, 1.54) is 6.20 Å². The highest BCUT2D eigenvalue weighted by molar-refractivity contribution is 6.30. The summed E-state index contributed by atoms with van der Waals surface area (Å²) in [4.78, 5) is 25.2. The summed E-state index contributed by atoms with van der Waals surface area (Å²) in [6, 6.07) is 7.13. The lowest BCUT2D eigenvalue weighted by Gasteiger charge is -2.33. The Morgan fingerprint density at radius 1 is 1.17 bits per heavy atom. The van der Waals surface area contributed by atoms with Crippen LogP contribution in [-0.2, 0) is 6.54 Å². The average molecular weight is 346 g/mol. The number of halogens is 1. The van der Waals surface area contributed by atoms with Gasteiger partial charge in [0.2, 0.25) is 0 Å². The third-order valence-electron chi connectivity index (χ3n) is 4.04. The van der Waals surface area contributed by atoms with Crippen molar-refractivity contribution in [3.63, 3.8) is 0 Å². The maximum absolute atomic E-state index is 12.1. The number of piperazine rings is 1. The summed E-state index contributed by atoms with van der Waals surface area (Å²) in [5, 5.41) is 3.36. The minimum atomic E-state index is -0.240. The molecule has 2 aromatic rings. The first-order chi connectivity index (χ1) is 11.6. The number of carbonyl (C=O) groups excluding carboxylic acids is 1. The van der Waals surface area contributed by atoms with Crippen molar-refractivity contribution in [2.75, 3.05) is 38.1 Å². The molecule has 1 amide bonds. The fraction of sp³-hybridized carbons (Fsp3) is 0.353. The van der Waals surface area contributed by atoms with Crippen molar-refractivity contribution >= 4 is 23.3 Å². The molecular formula is C17H20ClN5O. The molecule has 3 heterocycles. The second-order valence-electron chi connectivity index (χ2n) is 5.85. The predicted molar refractivity (Wildman–Crippen MR) is 94.4 cm³/mol. The second kappa shape index (κ2) is 7.59. The number of likely N-dealkylation sites (N-methyl/N-ethyl adjacent to an activating group) is 1. The molecule has 0 radical (unpaired) electrons. The Bertz CT molecular complexity index is 716. The van der Waals surface area contributed by atoms with E-state index >= 15 is 0 Å². The molecule has 24 heavy (non-hydrogen) atoms. The van der Waals surface area contributed by atoms with Crippen LogP contribution in [0.1, 0.15) is 16.1 Å². The molecule has 0 aromatic carbocycles. The SMILES string of the molecule is CN1CCN(c2cc(CNC(=O)c3cc(Cl)ccn3)ccn2)CC1. The van der Waals surface area contributed by atoms with Gasteiger partial charge in [-0.25, -0.2) is 4.98 Å².